The summed E-state index contributed by atoms with van der Waals surface area (Å²) < 4.78 is 50.7. The Labute approximate surface area is 147 Å². The molecular weight excluding hydrogens is 382 g/mol. The third kappa shape index (κ3) is 9.27. The first-order valence-corrected chi connectivity index (χ1v) is 7.80. The lowest BCUT2D eigenvalue weighted by Gasteiger charge is -2.06. The predicted molar refractivity (Wildman–Crippen MR) is 85.2 cm³/mol. The van der Waals surface area contributed by atoms with Crippen LogP contribution in [0.1, 0.15) is 5.69 Å². The summed E-state index contributed by atoms with van der Waals surface area (Å²) in [5, 5.41) is 2.68. The largest absolute Gasteiger partial charge is 0.417 e. The summed E-state index contributed by atoms with van der Waals surface area (Å²) in [4.78, 5) is 18.0. The number of carbonyl (C=O) groups excluding carboxylic acids is 1. The van der Waals surface area contributed by atoms with Gasteiger partial charge in [-0.25, -0.2) is 9.78 Å². The van der Waals surface area contributed by atoms with Crippen LogP contribution in [0.4, 0.5) is 19.5 Å². The van der Waals surface area contributed by atoms with Crippen molar-refractivity contribution >= 4 is 34.1 Å². The van der Waals surface area contributed by atoms with E-state index in [2.05, 4.69) is 19.1 Å². The van der Waals surface area contributed by atoms with E-state index in [1.54, 1.807) is 0 Å². The van der Waals surface area contributed by atoms with Gasteiger partial charge in [0.2, 0.25) is 11.8 Å². The zero-order valence-corrected chi connectivity index (χ0v) is 14.1. The molecule has 0 aliphatic rings. The maximum atomic E-state index is 11.9. The standard InChI is InChI=1S/C7H6F2N4O4S.C6H5Cl/c1-3-2-4(17-5(8)9)11-6(10-3)12-7(14)13-18(15)16;7-6-4-2-1-3-5-6/h2,5H,1H3,(H,10,11,12,14);1-5H. The second-order valence-electron chi connectivity index (χ2n) is 4.08. The number of urea groups is 1. The molecule has 1 heterocycles. The van der Waals surface area contributed by atoms with Gasteiger partial charge in [-0.3, -0.25) is 5.32 Å². The maximum Gasteiger partial charge on any atom is 0.388 e. The molecule has 0 saturated carbocycles. The average molecular weight is 393 g/mol. The van der Waals surface area contributed by atoms with Crippen molar-refractivity contribution < 1.29 is 26.7 Å². The van der Waals surface area contributed by atoms with Gasteiger partial charge in [-0.2, -0.15) is 22.2 Å². The van der Waals surface area contributed by atoms with E-state index in [-0.39, 0.29) is 5.69 Å². The van der Waals surface area contributed by atoms with Crippen molar-refractivity contribution in [3.05, 3.63) is 47.1 Å². The van der Waals surface area contributed by atoms with Crippen molar-refractivity contribution in [3.63, 3.8) is 0 Å². The van der Waals surface area contributed by atoms with Crippen molar-refractivity contribution in [2.24, 2.45) is 4.36 Å². The van der Waals surface area contributed by atoms with Crippen LogP contribution in [0, 0.1) is 6.92 Å². The van der Waals surface area contributed by atoms with Crippen LogP contribution in [-0.2, 0) is 10.5 Å². The molecule has 2 amide bonds. The summed E-state index contributed by atoms with van der Waals surface area (Å²) in [6, 6.07) is 9.31. The SMILES string of the molecule is Cc1cc(OC(F)F)nc(NC(=O)N=S(=O)=O)n1.Clc1ccccc1. The van der Waals surface area contributed by atoms with Crippen molar-refractivity contribution in [1.29, 1.82) is 0 Å². The third-order valence-corrected chi connectivity index (χ3v) is 2.72. The second kappa shape index (κ2) is 10.3. The molecule has 1 N–H and O–H groups in total. The molecule has 0 atom stereocenters. The highest BCUT2D eigenvalue weighted by molar-refractivity contribution is 7.62. The van der Waals surface area contributed by atoms with Gasteiger partial charge in [-0.15, -0.1) is 0 Å². The minimum absolute atomic E-state index is 0.235. The number of carbonyl (C=O) groups is 1. The molecule has 25 heavy (non-hydrogen) atoms. The highest BCUT2D eigenvalue weighted by Crippen LogP contribution is 2.14. The topological polar surface area (TPSA) is 111 Å². The Bertz CT molecular complexity index is 842. The molecule has 134 valence electrons. The van der Waals surface area contributed by atoms with E-state index in [0.717, 1.165) is 11.1 Å². The minimum Gasteiger partial charge on any atom is -0.417 e. The van der Waals surface area contributed by atoms with Crippen molar-refractivity contribution in [3.8, 4) is 5.88 Å². The Hall–Kier alpha value is -2.66. The number of aryl methyl sites for hydroxylation is 1. The highest BCUT2D eigenvalue weighted by Gasteiger charge is 2.10. The lowest BCUT2D eigenvalue weighted by Crippen LogP contribution is -2.11. The van der Waals surface area contributed by atoms with E-state index < -0.39 is 35.0 Å². The highest BCUT2D eigenvalue weighted by atomic mass is 35.5. The number of anilines is 1. The number of rotatable bonds is 3. The first kappa shape index (κ1) is 20.4. The molecule has 0 aliphatic carbocycles. The van der Waals surface area contributed by atoms with Crippen molar-refractivity contribution in [2.75, 3.05) is 5.32 Å². The van der Waals surface area contributed by atoms with Crippen LogP contribution in [0.5, 0.6) is 5.88 Å². The molecule has 0 saturated heterocycles. The molecule has 1 aromatic heterocycles. The molecule has 2 aromatic rings. The quantitative estimate of drug-likeness (QED) is 0.857. The van der Waals surface area contributed by atoms with Crippen LogP contribution in [0.15, 0.2) is 40.8 Å². The summed E-state index contributed by atoms with van der Waals surface area (Å²) >= 11 is 5.54. The Morgan fingerprint density at radius 3 is 2.40 bits per heavy atom. The lowest BCUT2D eigenvalue weighted by molar-refractivity contribution is -0.0528. The number of amides is 2. The molecule has 12 heteroatoms. The van der Waals surface area contributed by atoms with E-state index in [1.165, 1.54) is 6.92 Å². The lowest BCUT2D eigenvalue weighted by atomic mass is 10.4. The van der Waals surface area contributed by atoms with E-state index in [0.29, 0.717) is 0 Å². The van der Waals surface area contributed by atoms with Crippen molar-refractivity contribution in [1.82, 2.24) is 9.97 Å². The van der Waals surface area contributed by atoms with Crippen LogP contribution < -0.4 is 10.1 Å². The molecule has 0 bridgehead atoms. The van der Waals surface area contributed by atoms with Gasteiger partial charge in [-0.05, 0) is 19.1 Å². The first-order chi connectivity index (χ1) is 11.8. The van der Waals surface area contributed by atoms with Gasteiger partial charge in [0, 0.05) is 16.8 Å². The Balaban J connectivity index is 0.000000370. The molecule has 1 aromatic carbocycles. The summed E-state index contributed by atoms with van der Waals surface area (Å²) in [5.74, 6) is -0.860. The number of benzene rings is 1. The van der Waals surface area contributed by atoms with Crippen LogP contribution >= 0.6 is 11.6 Å². The van der Waals surface area contributed by atoms with E-state index >= 15 is 0 Å². The predicted octanol–water partition coefficient (Wildman–Crippen LogP) is 3.32. The fourth-order valence-corrected chi connectivity index (χ4v) is 1.67. The summed E-state index contributed by atoms with van der Waals surface area (Å²) in [7, 11) is -2.93. The number of aromatic nitrogens is 2. The fourth-order valence-electron chi connectivity index (χ4n) is 1.35. The molecular formula is C13H11ClF2N4O4S. The van der Waals surface area contributed by atoms with Gasteiger partial charge >= 0.3 is 23.1 Å². The number of hydrogen-bond donors (Lipinski definition) is 1. The van der Waals surface area contributed by atoms with E-state index in [9.17, 15) is 22.0 Å². The van der Waals surface area contributed by atoms with Gasteiger partial charge in [0.15, 0.2) is 0 Å². The number of ether oxygens (including phenoxy) is 1. The zero-order valence-electron chi connectivity index (χ0n) is 12.6. The maximum absolute atomic E-state index is 11.9. The Kier molecular flexibility index (Phi) is 8.36. The summed E-state index contributed by atoms with van der Waals surface area (Å²) in [5.41, 5.74) is 0.235. The molecule has 0 aliphatic heterocycles. The molecule has 0 spiro atoms. The normalized spacial score (nSPS) is 9.64. The van der Waals surface area contributed by atoms with Crippen LogP contribution in [0.3, 0.4) is 0 Å². The number of hydrogen-bond acceptors (Lipinski definition) is 6. The monoisotopic (exact) mass is 392 g/mol. The molecule has 2 rings (SSSR count). The second-order valence-corrected chi connectivity index (χ2v) is 5.14. The molecule has 0 fully saturated rings. The number of halogens is 3. The number of nitrogens with zero attached hydrogens (tertiary/aromatic N) is 3. The minimum atomic E-state index is -3.08. The Morgan fingerprint density at radius 1 is 1.28 bits per heavy atom. The number of alkyl halides is 2. The Morgan fingerprint density at radius 2 is 1.92 bits per heavy atom. The summed E-state index contributed by atoms with van der Waals surface area (Å²) in [6.45, 7) is -1.64. The number of nitrogens with one attached hydrogen (secondary N) is 1. The summed E-state index contributed by atoms with van der Waals surface area (Å²) in [6.07, 6.45) is 0. The fraction of sp³-hybridized carbons (Fsp3) is 0.154. The zero-order chi connectivity index (χ0) is 18.8. The van der Waals surface area contributed by atoms with E-state index in [4.69, 9.17) is 11.6 Å². The molecule has 0 radical (unpaired) electrons. The molecule has 8 nitrogen and oxygen atoms in total. The van der Waals surface area contributed by atoms with Crippen LogP contribution in [0.2, 0.25) is 5.02 Å². The molecule has 0 unspecified atom stereocenters. The van der Waals surface area contributed by atoms with Gasteiger partial charge in [-0.1, -0.05) is 34.2 Å². The van der Waals surface area contributed by atoms with E-state index in [1.807, 2.05) is 35.6 Å². The average Bonchev–Trinajstić information content (AvgIpc) is 2.46. The van der Waals surface area contributed by atoms with Gasteiger partial charge in [0.1, 0.15) is 0 Å². The van der Waals surface area contributed by atoms with Crippen molar-refractivity contribution in [2.45, 2.75) is 13.5 Å². The first-order valence-electron chi connectivity index (χ1n) is 6.39. The third-order valence-electron chi connectivity index (χ3n) is 2.15. The van der Waals surface area contributed by atoms with Crippen LogP contribution in [0.25, 0.3) is 0 Å². The van der Waals surface area contributed by atoms with Gasteiger partial charge in [0.25, 0.3) is 0 Å². The van der Waals surface area contributed by atoms with Gasteiger partial charge in [0.05, 0.1) is 0 Å². The van der Waals surface area contributed by atoms with Crippen LogP contribution in [-0.4, -0.2) is 31.0 Å². The van der Waals surface area contributed by atoms with Gasteiger partial charge < -0.3 is 4.74 Å². The smallest absolute Gasteiger partial charge is 0.388 e.